The van der Waals surface area contributed by atoms with E-state index in [0.29, 0.717) is 5.56 Å². The topological polar surface area (TPSA) is 160 Å². The van der Waals surface area contributed by atoms with Crippen LogP contribution in [-0.2, 0) is 41.9 Å². The summed E-state index contributed by atoms with van der Waals surface area (Å²) in [5.41, 5.74) is 0.773. The molecule has 0 aliphatic rings. The van der Waals surface area contributed by atoms with Crippen molar-refractivity contribution in [3.63, 3.8) is 0 Å². The maximum Gasteiger partial charge on any atom is 0.408 e. The number of aliphatic hydroxyl groups is 1. The molecule has 0 aliphatic heterocycles. The number of aliphatic hydroxyl groups excluding tert-OH is 1. The summed E-state index contributed by atoms with van der Waals surface area (Å²) in [5.74, 6) is -1.79. The minimum Gasteiger partial charge on any atom is -0.444 e. The maximum absolute atomic E-state index is 12.9. The number of hydrogen-bond donors (Lipinski definition) is 4. The van der Waals surface area contributed by atoms with E-state index >= 15 is 0 Å². The van der Waals surface area contributed by atoms with Gasteiger partial charge in [0.05, 0.1) is 5.75 Å². The van der Waals surface area contributed by atoms with Gasteiger partial charge in [-0.15, -0.1) is 0 Å². The molecule has 4 N–H and O–H groups in total. The molecule has 0 saturated carbocycles. The number of carbonyl (C=O) groups excluding carboxylic acids is 3. The molecule has 0 fully saturated rings. The van der Waals surface area contributed by atoms with Gasteiger partial charge in [-0.2, -0.15) is 0 Å². The molecular weight excluding hydrogens is 526 g/mol. The van der Waals surface area contributed by atoms with Crippen LogP contribution in [0.15, 0.2) is 60.7 Å². The van der Waals surface area contributed by atoms with Gasteiger partial charge in [-0.3, -0.25) is 9.59 Å². The number of carbonyl (C=O) groups is 3. The molecular formula is C27H37N3O8S. The molecule has 2 aromatic carbocycles. The highest BCUT2D eigenvalue weighted by Crippen LogP contribution is 2.09. The van der Waals surface area contributed by atoms with E-state index in [1.165, 1.54) is 0 Å². The van der Waals surface area contributed by atoms with Gasteiger partial charge in [-0.05, 0) is 44.7 Å². The Kier molecular flexibility index (Phi) is 12.4. The van der Waals surface area contributed by atoms with Crippen molar-refractivity contribution in [3.05, 3.63) is 71.8 Å². The number of hydrogen-bond acceptors (Lipinski definition) is 8. The average molecular weight is 564 g/mol. The summed E-state index contributed by atoms with van der Waals surface area (Å²) in [6, 6.07) is 15.7. The van der Waals surface area contributed by atoms with E-state index in [1.54, 1.807) is 51.1 Å². The number of alkyl carbamates (subject to hydrolysis) is 1. The Morgan fingerprint density at radius 3 is 1.95 bits per heavy atom. The van der Waals surface area contributed by atoms with Gasteiger partial charge >= 0.3 is 12.1 Å². The second kappa shape index (κ2) is 15.2. The van der Waals surface area contributed by atoms with E-state index < -0.39 is 52.5 Å². The molecule has 0 spiro atoms. The second-order valence-electron chi connectivity index (χ2n) is 9.80. The van der Waals surface area contributed by atoms with Crippen molar-refractivity contribution < 1.29 is 37.4 Å². The monoisotopic (exact) mass is 563 g/mol. The van der Waals surface area contributed by atoms with Crippen LogP contribution in [0.2, 0.25) is 0 Å². The Balaban J connectivity index is 1.95. The van der Waals surface area contributed by atoms with Crippen molar-refractivity contribution in [2.75, 3.05) is 19.1 Å². The Morgan fingerprint density at radius 2 is 1.44 bits per heavy atom. The largest absolute Gasteiger partial charge is 0.444 e. The summed E-state index contributed by atoms with van der Waals surface area (Å²) < 4.78 is 37.5. The summed E-state index contributed by atoms with van der Waals surface area (Å²) in [6.07, 6.45) is -0.462. The molecule has 11 nitrogen and oxygen atoms in total. The number of nitrogens with one attached hydrogen (secondary N) is 3. The minimum atomic E-state index is -3.94. The molecule has 2 aromatic rings. The van der Waals surface area contributed by atoms with Crippen LogP contribution in [0, 0.1) is 0 Å². The zero-order valence-electron chi connectivity index (χ0n) is 22.4. The molecule has 2 atom stereocenters. The van der Waals surface area contributed by atoms with Crippen molar-refractivity contribution >= 4 is 28.0 Å². The highest BCUT2D eigenvalue weighted by molar-refractivity contribution is 7.89. The fraction of sp³-hybridized carbons (Fsp3) is 0.444. The average Bonchev–Trinajstić information content (AvgIpc) is 2.86. The van der Waals surface area contributed by atoms with Crippen molar-refractivity contribution in [1.82, 2.24) is 15.4 Å². The number of ether oxygens (including phenoxy) is 2. The molecule has 2 amide bonds. The van der Waals surface area contributed by atoms with Gasteiger partial charge in [0.2, 0.25) is 15.9 Å². The summed E-state index contributed by atoms with van der Waals surface area (Å²) in [4.78, 5) is 37.4. The standard InChI is InChI=1S/C27H37N3O8S/c1-27(2,3)38-26(34)29-22(17-20-11-6-4-7-12-20)24(32)28-15-10-16-39(35,36)30-23(25(33)37-19-31)18-21-13-8-5-9-14-21/h4-9,11-14,22-23,30-31H,10,15-19H2,1-3H3,(H,28,32)(H,29,34)/t22-,23-/m0/s1. The van der Waals surface area contributed by atoms with Crippen LogP contribution in [-0.4, -0.2) is 68.3 Å². The first kappa shape index (κ1) is 31.7. The van der Waals surface area contributed by atoms with Crippen LogP contribution in [0.3, 0.4) is 0 Å². The first-order valence-corrected chi connectivity index (χ1v) is 14.2. The predicted octanol–water partition coefficient (Wildman–Crippen LogP) is 1.65. The van der Waals surface area contributed by atoms with E-state index in [9.17, 15) is 22.8 Å². The Hall–Kier alpha value is -3.48. The van der Waals surface area contributed by atoms with Gasteiger partial charge in [-0.25, -0.2) is 17.9 Å². The lowest BCUT2D eigenvalue weighted by molar-refractivity contribution is -0.153. The van der Waals surface area contributed by atoms with Crippen molar-refractivity contribution in [2.24, 2.45) is 0 Å². The molecule has 0 aromatic heterocycles. The molecule has 0 aliphatic carbocycles. The van der Waals surface area contributed by atoms with Crippen molar-refractivity contribution in [2.45, 2.75) is 57.7 Å². The molecule has 39 heavy (non-hydrogen) atoms. The third-order valence-corrected chi connectivity index (χ3v) is 6.74. The summed E-state index contributed by atoms with van der Waals surface area (Å²) >= 11 is 0. The molecule has 0 saturated heterocycles. The SMILES string of the molecule is CC(C)(C)OC(=O)N[C@@H](Cc1ccccc1)C(=O)NCCCS(=O)(=O)N[C@@H](Cc1ccccc1)C(=O)OCO. The third kappa shape index (κ3) is 12.7. The van der Waals surface area contributed by atoms with Crippen LogP contribution < -0.4 is 15.4 Å². The van der Waals surface area contributed by atoms with Crippen LogP contribution in [0.5, 0.6) is 0 Å². The lowest BCUT2D eigenvalue weighted by atomic mass is 10.1. The fourth-order valence-corrected chi connectivity index (χ4v) is 4.82. The quantitative estimate of drug-likeness (QED) is 0.153. The van der Waals surface area contributed by atoms with E-state index in [2.05, 4.69) is 20.1 Å². The minimum absolute atomic E-state index is 0.00543. The normalized spacial score (nSPS) is 13.1. The van der Waals surface area contributed by atoms with E-state index in [-0.39, 0.29) is 31.6 Å². The Labute approximate surface area is 229 Å². The second-order valence-corrected chi connectivity index (χ2v) is 11.7. The van der Waals surface area contributed by atoms with Crippen LogP contribution in [0.4, 0.5) is 4.79 Å². The Bertz CT molecular complexity index is 1170. The summed E-state index contributed by atoms with van der Waals surface area (Å²) in [7, 11) is -3.94. The predicted molar refractivity (Wildman–Crippen MR) is 145 cm³/mol. The first-order valence-electron chi connectivity index (χ1n) is 12.5. The van der Waals surface area contributed by atoms with Gasteiger partial charge in [0, 0.05) is 13.0 Å². The number of sulfonamides is 1. The molecule has 0 heterocycles. The fourth-order valence-electron chi connectivity index (χ4n) is 3.57. The third-order valence-electron chi connectivity index (χ3n) is 5.27. The van der Waals surface area contributed by atoms with E-state index in [1.807, 2.05) is 30.3 Å². The summed E-state index contributed by atoms with van der Waals surface area (Å²) in [5, 5.41) is 14.2. The molecule has 2 rings (SSSR count). The molecule has 12 heteroatoms. The summed E-state index contributed by atoms with van der Waals surface area (Å²) in [6.45, 7) is 4.26. The lowest BCUT2D eigenvalue weighted by Gasteiger charge is -2.23. The van der Waals surface area contributed by atoms with Crippen LogP contribution in [0.25, 0.3) is 0 Å². The smallest absolute Gasteiger partial charge is 0.408 e. The molecule has 0 radical (unpaired) electrons. The van der Waals surface area contributed by atoms with Gasteiger partial charge < -0.3 is 25.2 Å². The van der Waals surface area contributed by atoms with Gasteiger partial charge in [-0.1, -0.05) is 60.7 Å². The van der Waals surface area contributed by atoms with Crippen molar-refractivity contribution in [1.29, 1.82) is 0 Å². The highest BCUT2D eigenvalue weighted by Gasteiger charge is 2.27. The number of rotatable bonds is 14. The molecule has 0 unspecified atom stereocenters. The van der Waals surface area contributed by atoms with Gasteiger partial charge in [0.25, 0.3) is 0 Å². The zero-order chi connectivity index (χ0) is 28.9. The number of amides is 2. The number of benzene rings is 2. The van der Waals surface area contributed by atoms with E-state index in [4.69, 9.17) is 9.84 Å². The maximum atomic E-state index is 12.9. The van der Waals surface area contributed by atoms with Crippen molar-refractivity contribution in [3.8, 4) is 0 Å². The van der Waals surface area contributed by atoms with Gasteiger partial charge in [0.15, 0.2) is 6.79 Å². The van der Waals surface area contributed by atoms with E-state index in [0.717, 1.165) is 5.56 Å². The van der Waals surface area contributed by atoms with Crippen LogP contribution >= 0.6 is 0 Å². The first-order chi connectivity index (χ1) is 18.4. The van der Waals surface area contributed by atoms with Gasteiger partial charge in [0.1, 0.15) is 17.7 Å². The van der Waals surface area contributed by atoms with Crippen LogP contribution in [0.1, 0.15) is 38.3 Å². The zero-order valence-corrected chi connectivity index (χ0v) is 23.2. The molecule has 0 bridgehead atoms. The number of esters is 1. The lowest BCUT2D eigenvalue weighted by Crippen LogP contribution is -2.49. The highest BCUT2D eigenvalue weighted by atomic mass is 32.2. The Morgan fingerprint density at radius 1 is 0.897 bits per heavy atom. The molecule has 214 valence electrons.